The Morgan fingerprint density at radius 3 is 2.41 bits per heavy atom. The van der Waals surface area contributed by atoms with E-state index >= 15 is 0 Å². The van der Waals surface area contributed by atoms with E-state index in [9.17, 15) is 27.6 Å². The van der Waals surface area contributed by atoms with E-state index in [1.165, 1.54) is 18.9 Å². The van der Waals surface area contributed by atoms with Gasteiger partial charge in [0.15, 0.2) is 5.82 Å². The summed E-state index contributed by atoms with van der Waals surface area (Å²) in [5.41, 5.74) is 7.67. The quantitative estimate of drug-likeness (QED) is 0.448. The maximum absolute atomic E-state index is 13.5. The molecule has 3 aromatic rings. The standard InChI is InChI=1S/C26H25F3N6O4/c1-14-31-22(34-39-14)19(21(30)36)17(12-13-26(27,28)29)24(37)33-23-25(38)35(2)18-11-7-6-10-16(18)20(32-23)15-8-4-3-5-9-15/h3-11,17,19,23H,12-13H2,1-2H3,(H2,30,36)(H,33,37)/t17-,19+,23-/m1/s1. The lowest BCUT2D eigenvalue weighted by Crippen LogP contribution is -2.49. The van der Waals surface area contributed by atoms with E-state index < -0.39 is 54.7 Å². The number of aryl methyl sites for hydroxylation is 1. The van der Waals surface area contributed by atoms with E-state index in [4.69, 9.17) is 10.3 Å². The van der Waals surface area contributed by atoms with E-state index in [-0.39, 0.29) is 11.7 Å². The maximum Gasteiger partial charge on any atom is 0.389 e. The van der Waals surface area contributed by atoms with Crippen LogP contribution in [-0.4, -0.2) is 53.0 Å². The Hall–Kier alpha value is -4.55. The minimum Gasteiger partial charge on any atom is -0.369 e. The van der Waals surface area contributed by atoms with Gasteiger partial charge in [-0.25, -0.2) is 4.99 Å². The maximum atomic E-state index is 13.5. The average Bonchev–Trinajstić information content (AvgIpc) is 3.29. The molecular weight excluding hydrogens is 517 g/mol. The molecule has 0 radical (unpaired) electrons. The van der Waals surface area contributed by atoms with Gasteiger partial charge in [-0.1, -0.05) is 53.7 Å². The summed E-state index contributed by atoms with van der Waals surface area (Å²) in [6.07, 6.45) is -8.36. The first-order valence-electron chi connectivity index (χ1n) is 11.9. The van der Waals surface area contributed by atoms with Crippen molar-refractivity contribution in [3.8, 4) is 0 Å². The fourth-order valence-corrected chi connectivity index (χ4v) is 4.40. The third-order valence-electron chi connectivity index (χ3n) is 6.28. The highest BCUT2D eigenvalue weighted by Gasteiger charge is 2.42. The van der Waals surface area contributed by atoms with E-state index in [0.717, 1.165) is 0 Å². The van der Waals surface area contributed by atoms with E-state index in [2.05, 4.69) is 20.4 Å². The van der Waals surface area contributed by atoms with Crippen LogP contribution in [0.5, 0.6) is 0 Å². The molecule has 3 N–H and O–H groups in total. The fraction of sp³-hybridized carbons (Fsp3) is 0.308. The molecule has 10 nitrogen and oxygen atoms in total. The van der Waals surface area contributed by atoms with Gasteiger partial charge in [-0.2, -0.15) is 18.2 Å². The van der Waals surface area contributed by atoms with Crippen LogP contribution in [0.2, 0.25) is 0 Å². The third kappa shape index (κ3) is 6.13. The highest BCUT2D eigenvalue weighted by molar-refractivity contribution is 6.20. The molecule has 2 heterocycles. The highest BCUT2D eigenvalue weighted by Crippen LogP contribution is 2.33. The molecule has 1 aromatic heterocycles. The van der Waals surface area contributed by atoms with Crippen LogP contribution in [0.1, 0.15) is 41.6 Å². The van der Waals surface area contributed by atoms with E-state index in [0.29, 0.717) is 22.5 Å². The molecule has 0 bridgehead atoms. The first-order valence-corrected chi connectivity index (χ1v) is 11.9. The number of nitrogens with one attached hydrogen (secondary N) is 1. The molecule has 0 fully saturated rings. The minimum atomic E-state index is -4.63. The molecular formula is C26H25F3N6O4. The number of primary amides is 1. The Balaban J connectivity index is 1.74. The van der Waals surface area contributed by atoms with Crippen molar-refractivity contribution in [3.05, 3.63) is 77.4 Å². The Bertz CT molecular complexity index is 1410. The topological polar surface area (TPSA) is 144 Å². The SMILES string of the molecule is Cc1nc([C@H](C(N)=O)[C@@H](CCC(F)(F)F)C(=O)N[C@H]2N=C(c3ccccc3)c3ccccc3N(C)C2=O)no1. The smallest absolute Gasteiger partial charge is 0.369 e. The van der Waals surface area contributed by atoms with Gasteiger partial charge in [0.1, 0.15) is 5.92 Å². The van der Waals surface area contributed by atoms with Crippen molar-refractivity contribution < 1.29 is 32.1 Å². The number of alkyl halides is 3. The number of anilines is 1. The Labute approximate surface area is 221 Å². The molecule has 4 rings (SSSR count). The van der Waals surface area contributed by atoms with Gasteiger partial charge in [0.05, 0.1) is 17.3 Å². The number of rotatable bonds is 8. The second kappa shape index (κ2) is 11.1. The van der Waals surface area contributed by atoms with Gasteiger partial charge in [-0.05, 0) is 12.5 Å². The lowest BCUT2D eigenvalue weighted by molar-refractivity contribution is -0.144. The molecule has 3 atom stereocenters. The zero-order valence-electron chi connectivity index (χ0n) is 21.0. The molecule has 1 aliphatic rings. The van der Waals surface area contributed by atoms with Crippen molar-refractivity contribution in [2.24, 2.45) is 16.6 Å². The van der Waals surface area contributed by atoms with Crippen LogP contribution in [0.4, 0.5) is 18.9 Å². The number of carbonyl (C=O) groups is 3. The van der Waals surface area contributed by atoms with Crippen LogP contribution in [0.15, 0.2) is 64.1 Å². The number of carbonyl (C=O) groups excluding carboxylic acids is 3. The zero-order valence-corrected chi connectivity index (χ0v) is 21.0. The first kappa shape index (κ1) is 27.5. The number of nitrogens with zero attached hydrogens (tertiary/aromatic N) is 4. The summed E-state index contributed by atoms with van der Waals surface area (Å²) in [5, 5.41) is 6.04. The largest absolute Gasteiger partial charge is 0.389 e. The van der Waals surface area contributed by atoms with Crippen LogP contribution >= 0.6 is 0 Å². The summed E-state index contributed by atoms with van der Waals surface area (Å²) < 4.78 is 44.4. The zero-order chi connectivity index (χ0) is 28.3. The van der Waals surface area contributed by atoms with Crippen LogP contribution in [0, 0.1) is 12.8 Å². The fourth-order valence-electron chi connectivity index (χ4n) is 4.40. The predicted octanol–water partition coefficient (Wildman–Crippen LogP) is 2.86. The summed E-state index contributed by atoms with van der Waals surface area (Å²) >= 11 is 0. The molecule has 3 amide bonds. The Morgan fingerprint density at radius 2 is 1.79 bits per heavy atom. The highest BCUT2D eigenvalue weighted by atomic mass is 19.4. The van der Waals surface area contributed by atoms with Crippen molar-refractivity contribution in [3.63, 3.8) is 0 Å². The Kier molecular flexibility index (Phi) is 7.79. The summed E-state index contributed by atoms with van der Waals surface area (Å²) in [7, 11) is 1.50. The molecule has 0 saturated heterocycles. The van der Waals surface area contributed by atoms with Crippen LogP contribution in [0.25, 0.3) is 0 Å². The molecule has 0 unspecified atom stereocenters. The minimum absolute atomic E-state index is 0.0293. The van der Waals surface area contributed by atoms with Crippen LogP contribution in [-0.2, 0) is 14.4 Å². The van der Waals surface area contributed by atoms with E-state index in [1.807, 2.05) is 0 Å². The van der Waals surface area contributed by atoms with Crippen molar-refractivity contribution >= 4 is 29.1 Å². The third-order valence-corrected chi connectivity index (χ3v) is 6.28. The molecule has 0 saturated carbocycles. The predicted molar refractivity (Wildman–Crippen MR) is 134 cm³/mol. The van der Waals surface area contributed by atoms with Gasteiger partial charge >= 0.3 is 6.18 Å². The van der Waals surface area contributed by atoms with Gasteiger partial charge in [0.2, 0.25) is 23.9 Å². The number of aromatic nitrogens is 2. The second-order valence-electron chi connectivity index (χ2n) is 8.98. The number of halogens is 3. The van der Waals surface area contributed by atoms with Gasteiger partial charge in [-0.15, -0.1) is 0 Å². The number of para-hydroxylation sites is 1. The van der Waals surface area contributed by atoms with Gasteiger partial charge in [0, 0.05) is 31.5 Å². The number of benzene rings is 2. The van der Waals surface area contributed by atoms with Crippen LogP contribution in [0.3, 0.4) is 0 Å². The van der Waals surface area contributed by atoms with Crippen molar-refractivity contribution in [2.45, 2.75) is 38.0 Å². The number of benzodiazepines with no additional fused rings is 1. The molecule has 2 aromatic carbocycles. The number of amides is 3. The van der Waals surface area contributed by atoms with Crippen molar-refractivity contribution in [1.29, 1.82) is 0 Å². The van der Waals surface area contributed by atoms with Crippen molar-refractivity contribution in [2.75, 3.05) is 11.9 Å². The Morgan fingerprint density at radius 1 is 1.13 bits per heavy atom. The number of nitrogens with two attached hydrogens (primary N) is 1. The molecule has 0 aliphatic carbocycles. The van der Waals surface area contributed by atoms with E-state index in [1.54, 1.807) is 54.6 Å². The molecule has 204 valence electrons. The number of fused-ring (bicyclic) bond motifs is 1. The molecule has 0 spiro atoms. The second-order valence-corrected chi connectivity index (χ2v) is 8.98. The molecule has 39 heavy (non-hydrogen) atoms. The van der Waals surface area contributed by atoms with Gasteiger partial charge in [-0.3, -0.25) is 14.4 Å². The molecule has 1 aliphatic heterocycles. The summed E-state index contributed by atoms with van der Waals surface area (Å²) in [5.74, 6) is -6.40. The number of hydrogen-bond donors (Lipinski definition) is 2. The van der Waals surface area contributed by atoms with Gasteiger partial charge in [0.25, 0.3) is 5.91 Å². The summed E-state index contributed by atoms with van der Waals surface area (Å²) in [6, 6.07) is 15.9. The average molecular weight is 543 g/mol. The van der Waals surface area contributed by atoms with Crippen LogP contribution < -0.4 is 16.0 Å². The number of hydrogen-bond acceptors (Lipinski definition) is 7. The lowest BCUT2D eigenvalue weighted by Gasteiger charge is -2.25. The lowest BCUT2D eigenvalue weighted by atomic mass is 9.86. The normalized spacial score (nSPS) is 17.1. The molecule has 13 heteroatoms. The number of aliphatic imine (C=N–C) groups is 1. The number of likely N-dealkylation sites (N-methyl/N-ethyl adjacent to an activating group) is 1. The summed E-state index contributed by atoms with van der Waals surface area (Å²) in [4.78, 5) is 49.1. The van der Waals surface area contributed by atoms with Crippen molar-refractivity contribution in [1.82, 2.24) is 15.5 Å². The monoisotopic (exact) mass is 542 g/mol. The summed E-state index contributed by atoms with van der Waals surface area (Å²) in [6.45, 7) is 1.41. The first-order chi connectivity index (χ1) is 18.5. The van der Waals surface area contributed by atoms with Gasteiger partial charge < -0.3 is 20.5 Å².